The van der Waals surface area contributed by atoms with Gasteiger partial charge >= 0.3 is 16.4 Å². The first-order valence-corrected chi connectivity index (χ1v) is 22.8. The normalized spacial score (nSPS) is 21.2. The zero-order chi connectivity index (χ0) is 39.7. The Hall–Kier alpha value is -1.16. The second-order valence-electron chi connectivity index (χ2n) is 14.9. The van der Waals surface area contributed by atoms with E-state index in [0.717, 1.165) is 44.9 Å². The average molecular weight is 795 g/mol. The zero-order valence-electron chi connectivity index (χ0n) is 33.8. The summed E-state index contributed by atoms with van der Waals surface area (Å²) >= 11 is 0. The summed E-state index contributed by atoms with van der Waals surface area (Å²) in [6.45, 7) is 3.97. The first-order valence-electron chi connectivity index (χ1n) is 21.4. The molecule has 12 nitrogen and oxygen atoms in total. The van der Waals surface area contributed by atoms with Crippen molar-refractivity contribution in [2.45, 2.75) is 218 Å². The number of allylic oxidation sites excluding steroid dienone is 2. The highest BCUT2D eigenvalue weighted by molar-refractivity contribution is 7.80. The summed E-state index contributed by atoms with van der Waals surface area (Å²) in [6, 6.07) is 0. The molecule has 0 aliphatic carbocycles. The molecule has 1 heterocycles. The van der Waals surface area contributed by atoms with Crippen LogP contribution in [0, 0.1) is 0 Å². The van der Waals surface area contributed by atoms with Crippen molar-refractivity contribution in [3.05, 3.63) is 12.2 Å². The minimum Gasteiger partial charge on any atom is -0.457 e. The van der Waals surface area contributed by atoms with Crippen LogP contribution in [0.1, 0.15) is 181 Å². The van der Waals surface area contributed by atoms with Gasteiger partial charge in [-0.15, -0.1) is 0 Å². The Bertz CT molecular complexity index is 1010. The monoisotopic (exact) mass is 795 g/mol. The molecule has 0 saturated carbocycles. The predicted molar refractivity (Wildman–Crippen MR) is 211 cm³/mol. The Labute approximate surface area is 328 Å². The first-order chi connectivity index (χ1) is 26.1. The van der Waals surface area contributed by atoms with Crippen LogP contribution in [0.15, 0.2) is 12.2 Å². The van der Waals surface area contributed by atoms with Gasteiger partial charge in [-0.2, -0.15) is 8.42 Å². The van der Waals surface area contributed by atoms with Crippen molar-refractivity contribution < 1.29 is 56.2 Å². The lowest BCUT2D eigenvalue weighted by molar-refractivity contribution is -0.301. The lowest BCUT2D eigenvalue weighted by Crippen LogP contribution is -2.60. The van der Waals surface area contributed by atoms with Gasteiger partial charge in [-0.05, 0) is 38.5 Å². The molecule has 1 rings (SSSR count). The molecule has 4 N–H and O–H groups in total. The molecule has 0 aromatic carbocycles. The van der Waals surface area contributed by atoms with E-state index in [1.807, 2.05) is 0 Å². The average Bonchev–Trinajstić information content (AvgIpc) is 3.14. The third-order valence-electron chi connectivity index (χ3n) is 9.89. The summed E-state index contributed by atoms with van der Waals surface area (Å²) in [5.41, 5.74) is 0. The van der Waals surface area contributed by atoms with Crippen LogP contribution in [-0.4, -0.2) is 97.5 Å². The maximum Gasteiger partial charge on any atom is 0.397 e. The number of rotatable bonds is 37. The van der Waals surface area contributed by atoms with Gasteiger partial charge in [0, 0.05) is 13.0 Å². The first kappa shape index (κ1) is 50.9. The highest BCUT2D eigenvalue weighted by atomic mass is 32.3. The van der Waals surface area contributed by atoms with Crippen LogP contribution in [0.3, 0.4) is 0 Å². The lowest BCUT2D eigenvalue weighted by atomic mass is 9.99. The fourth-order valence-corrected chi connectivity index (χ4v) is 7.12. The molecule has 320 valence electrons. The number of aliphatic hydroxyl groups is 3. The van der Waals surface area contributed by atoms with E-state index in [1.165, 1.54) is 109 Å². The third-order valence-corrected chi connectivity index (χ3v) is 10.4. The molecule has 0 amide bonds. The summed E-state index contributed by atoms with van der Waals surface area (Å²) in [7, 11) is -5.05. The number of ether oxygens (including phenoxy) is 4. The Balaban J connectivity index is 2.45. The molecule has 0 radical (unpaired) electrons. The Kier molecular flexibility index (Phi) is 32.0. The van der Waals surface area contributed by atoms with Crippen molar-refractivity contribution in [1.29, 1.82) is 0 Å². The number of carbonyl (C=O) groups excluding carboxylic acids is 1. The SMILES string of the molecule is CCCCCCCC/C=C\CCCCCCCCOCC(COC1OC(CO)C(O)C(OS(=O)(=O)O)C1O)OC(=O)CCCCCCCCCCCCC. The predicted octanol–water partition coefficient (Wildman–Crippen LogP) is 8.30. The number of esters is 1. The van der Waals surface area contributed by atoms with Crippen LogP contribution in [0.25, 0.3) is 0 Å². The van der Waals surface area contributed by atoms with Crippen LogP contribution in [0.2, 0.25) is 0 Å². The van der Waals surface area contributed by atoms with Crippen molar-refractivity contribution >= 4 is 16.4 Å². The number of unbranched alkanes of at least 4 members (excludes halogenated alkanes) is 22. The number of carbonyl (C=O) groups is 1. The molecule has 0 aromatic rings. The molecule has 0 aromatic heterocycles. The van der Waals surface area contributed by atoms with Gasteiger partial charge in [0.2, 0.25) is 0 Å². The molecule has 1 aliphatic rings. The second kappa shape index (κ2) is 33.9. The number of hydrogen-bond acceptors (Lipinski definition) is 11. The van der Waals surface area contributed by atoms with E-state index in [4.69, 9.17) is 23.5 Å². The summed E-state index contributed by atoms with van der Waals surface area (Å²) in [6.07, 6.45) is 25.3. The summed E-state index contributed by atoms with van der Waals surface area (Å²) in [5.74, 6) is -0.401. The molecule has 13 heteroatoms. The largest absolute Gasteiger partial charge is 0.457 e. The zero-order valence-corrected chi connectivity index (χ0v) is 34.6. The minimum absolute atomic E-state index is 0.0366. The van der Waals surface area contributed by atoms with Crippen LogP contribution in [-0.2, 0) is 38.3 Å². The van der Waals surface area contributed by atoms with Gasteiger partial charge in [-0.25, -0.2) is 4.18 Å². The molecular weight excluding hydrogens is 717 g/mol. The van der Waals surface area contributed by atoms with E-state index in [2.05, 4.69) is 30.2 Å². The van der Waals surface area contributed by atoms with Gasteiger partial charge in [0.15, 0.2) is 6.29 Å². The third kappa shape index (κ3) is 27.4. The molecular formula is C41H78O12S. The molecule has 1 saturated heterocycles. The van der Waals surface area contributed by atoms with Gasteiger partial charge in [0.05, 0.1) is 19.8 Å². The Morgan fingerprint density at radius 3 is 1.67 bits per heavy atom. The van der Waals surface area contributed by atoms with Crippen molar-refractivity contribution in [3.63, 3.8) is 0 Å². The van der Waals surface area contributed by atoms with Crippen LogP contribution in [0.4, 0.5) is 0 Å². The maximum atomic E-state index is 12.8. The van der Waals surface area contributed by atoms with Gasteiger partial charge < -0.3 is 34.3 Å². The summed E-state index contributed by atoms with van der Waals surface area (Å²) < 4.78 is 58.9. The van der Waals surface area contributed by atoms with Gasteiger partial charge in [0.1, 0.15) is 30.5 Å². The highest BCUT2D eigenvalue weighted by Gasteiger charge is 2.48. The van der Waals surface area contributed by atoms with E-state index < -0.39 is 59.8 Å². The highest BCUT2D eigenvalue weighted by Crippen LogP contribution is 2.26. The van der Waals surface area contributed by atoms with Crippen molar-refractivity contribution in [3.8, 4) is 0 Å². The second-order valence-corrected chi connectivity index (χ2v) is 16.0. The maximum absolute atomic E-state index is 12.8. The standard InChI is InChI=1S/C41H78O12S/c1-3-5-7-9-11-13-15-16-17-18-19-21-23-25-27-29-31-49-33-35(51-37(43)30-28-26-24-22-20-14-12-10-8-6-4-2)34-50-41-39(45)40(53-54(46,47)48)38(44)36(32-42)52-41/h16-17,35-36,38-42,44-45H,3-15,18-34H2,1-2H3,(H,46,47,48)/b17-16-. The van der Waals surface area contributed by atoms with Gasteiger partial charge in [0.25, 0.3) is 0 Å². The van der Waals surface area contributed by atoms with Crippen molar-refractivity contribution in [1.82, 2.24) is 0 Å². The van der Waals surface area contributed by atoms with Crippen LogP contribution in [0.5, 0.6) is 0 Å². The Morgan fingerprint density at radius 2 is 1.17 bits per heavy atom. The smallest absolute Gasteiger partial charge is 0.397 e. The lowest BCUT2D eigenvalue weighted by Gasteiger charge is -2.41. The number of hydrogen-bond donors (Lipinski definition) is 4. The van der Waals surface area contributed by atoms with Crippen LogP contribution >= 0.6 is 0 Å². The molecule has 0 bridgehead atoms. The fourth-order valence-electron chi connectivity index (χ4n) is 6.61. The molecule has 0 spiro atoms. The Morgan fingerprint density at radius 1 is 0.685 bits per heavy atom. The van der Waals surface area contributed by atoms with Gasteiger partial charge in [-0.1, -0.05) is 148 Å². The van der Waals surface area contributed by atoms with Crippen LogP contribution < -0.4 is 0 Å². The quantitative estimate of drug-likeness (QED) is 0.0205. The molecule has 1 aliphatic heterocycles. The molecule has 6 unspecified atom stereocenters. The molecule has 54 heavy (non-hydrogen) atoms. The molecule has 6 atom stereocenters. The van der Waals surface area contributed by atoms with E-state index >= 15 is 0 Å². The van der Waals surface area contributed by atoms with E-state index in [9.17, 15) is 28.5 Å². The summed E-state index contributed by atoms with van der Waals surface area (Å²) in [4.78, 5) is 12.8. The van der Waals surface area contributed by atoms with Crippen molar-refractivity contribution in [2.24, 2.45) is 0 Å². The minimum atomic E-state index is -5.05. The van der Waals surface area contributed by atoms with Crippen molar-refractivity contribution in [2.75, 3.05) is 26.4 Å². The fraction of sp³-hybridized carbons (Fsp3) is 0.927. The van der Waals surface area contributed by atoms with E-state index in [-0.39, 0.29) is 19.6 Å². The number of aliphatic hydroxyl groups excluding tert-OH is 3. The van der Waals surface area contributed by atoms with E-state index in [1.54, 1.807) is 0 Å². The van der Waals surface area contributed by atoms with Gasteiger partial charge in [-0.3, -0.25) is 9.35 Å². The summed E-state index contributed by atoms with van der Waals surface area (Å²) in [5, 5.41) is 30.6. The molecule has 1 fully saturated rings. The topological polar surface area (TPSA) is 178 Å². The van der Waals surface area contributed by atoms with E-state index in [0.29, 0.717) is 13.0 Å².